The molecule has 0 aliphatic rings. The normalized spacial score (nSPS) is 12.8. The molecule has 1 unspecified atom stereocenters. The quantitative estimate of drug-likeness (QED) is 0.831. The maximum Gasteiger partial charge on any atom is 0.248 e. The molecule has 0 saturated carbocycles. The molecule has 0 aliphatic heterocycles. The van der Waals surface area contributed by atoms with E-state index in [2.05, 4.69) is 5.32 Å². The maximum atomic E-state index is 12.2. The van der Waals surface area contributed by atoms with Crippen molar-refractivity contribution in [1.82, 2.24) is 0 Å². The molecular formula is C15H22N2O3. The van der Waals surface area contributed by atoms with Gasteiger partial charge in [0.25, 0.3) is 0 Å². The molecular weight excluding hydrogens is 256 g/mol. The van der Waals surface area contributed by atoms with E-state index in [9.17, 15) is 9.59 Å². The third-order valence-corrected chi connectivity index (χ3v) is 2.95. The van der Waals surface area contributed by atoms with Crippen molar-refractivity contribution in [2.24, 2.45) is 11.1 Å². The van der Waals surface area contributed by atoms with Crippen LogP contribution in [0, 0.1) is 5.41 Å². The van der Waals surface area contributed by atoms with Crippen LogP contribution in [0.3, 0.4) is 0 Å². The Kier molecular flexibility index (Phi) is 5.27. The number of anilines is 1. The minimum atomic E-state index is -0.535. The van der Waals surface area contributed by atoms with Crippen molar-refractivity contribution in [2.45, 2.75) is 26.9 Å². The minimum Gasteiger partial charge on any atom is -0.382 e. The van der Waals surface area contributed by atoms with Crippen LogP contribution in [0.2, 0.25) is 0 Å². The zero-order chi connectivity index (χ0) is 15.3. The van der Waals surface area contributed by atoms with E-state index in [1.54, 1.807) is 24.3 Å². The molecule has 0 aliphatic carbocycles. The van der Waals surface area contributed by atoms with Crippen LogP contribution in [0.1, 0.15) is 31.1 Å². The fourth-order valence-electron chi connectivity index (χ4n) is 1.76. The van der Waals surface area contributed by atoms with Gasteiger partial charge in [-0.2, -0.15) is 0 Å². The van der Waals surface area contributed by atoms with E-state index in [1.807, 2.05) is 20.8 Å². The van der Waals surface area contributed by atoms with Crippen LogP contribution in [0.25, 0.3) is 0 Å². The number of nitrogens with one attached hydrogen (secondary N) is 1. The number of nitrogens with two attached hydrogens (primary N) is 1. The van der Waals surface area contributed by atoms with Gasteiger partial charge < -0.3 is 15.8 Å². The molecule has 5 heteroatoms. The molecule has 0 heterocycles. The Balaban J connectivity index is 2.72. The van der Waals surface area contributed by atoms with Crippen LogP contribution in [0.15, 0.2) is 24.3 Å². The number of primary amides is 1. The fraction of sp³-hybridized carbons (Fsp3) is 0.467. The van der Waals surface area contributed by atoms with Gasteiger partial charge in [0.05, 0.1) is 0 Å². The summed E-state index contributed by atoms with van der Waals surface area (Å²) in [6.07, 6.45) is -0.535. The van der Waals surface area contributed by atoms with Crippen LogP contribution < -0.4 is 11.1 Å². The van der Waals surface area contributed by atoms with Crippen molar-refractivity contribution in [3.05, 3.63) is 29.8 Å². The van der Waals surface area contributed by atoms with E-state index < -0.39 is 17.4 Å². The molecule has 1 rings (SSSR count). The van der Waals surface area contributed by atoms with E-state index in [0.29, 0.717) is 12.1 Å². The highest BCUT2D eigenvalue weighted by Gasteiger charge is 2.29. The number of hydrogen-bond acceptors (Lipinski definition) is 4. The first-order chi connectivity index (χ1) is 9.25. The number of carbonyl (C=O) groups excluding carboxylic acids is 2. The van der Waals surface area contributed by atoms with Crippen LogP contribution in [-0.2, 0) is 9.53 Å². The van der Waals surface area contributed by atoms with Crippen LogP contribution >= 0.6 is 0 Å². The molecule has 1 amide bonds. The summed E-state index contributed by atoms with van der Waals surface area (Å²) in [4.78, 5) is 23.3. The predicted molar refractivity (Wildman–Crippen MR) is 78.7 cm³/mol. The first kappa shape index (κ1) is 16.2. The summed E-state index contributed by atoms with van der Waals surface area (Å²) in [5, 5.41) is 3.09. The van der Waals surface area contributed by atoms with Gasteiger partial charge in [-0.25, -0.2) is 0 Å². The summed E-state index contributed by atoms with van der Waals surface area (Å²) >= 11 is 0. The van der Waals surface area contributed by atoms with E-state index in [1.165, 1.54) is 7.11 Å². The Morgan fingerprint density at radius 3 is 2.50 bits per heavy atom. The lowest BCUT2D eigenvalue weighted by Crippen LogP contribution is -2.38. The van der Waals surface area contributed by atoms with Crippen molar-refractivity contribution in [1.29, 1.82) is 0 Å². The van der Waals surface area contributed by atoms with Crippen molar-refractivity contribution < 1.29 is 14.3 Å². The molecule has 1 aromatic carbocycles. The smallest absolute Gasteiger partial charge is 0.248 e. The zero-order valence-corrected chi connectivity index (χ0v) is 12.4. The van der Waals surface area contributed by atoms with Gasteiger partial charge in [0, 0.05) is 30.3 Å². The highest BCUT2D eigenvalue weighted by Crippen LogP contribution is 2.19. The number of ketones is 1. The van der Waals surface area contributed by atoms with Crippen LogP contribution in [0.5, 0.6) is 0 Å². The Hall–Kier alpha value is -1.88. The Morgan fingerprint density at radius 1 is 1.35 bits per heavy atom. The van der Waals surface area contributed by atoms with Crippen LogP contribution in [0.4, 0.5) is 5.69 Å². The van der Waals surface area contributed by atoms with E-state index in [-0.39, 0.29) is 5.78 Å². The van der Waals surface area contributed by atoms with Crippen molar-refractivity contribution >= 4 is 17.4 Å². The third-order valence-electron chi connectivity index (χ3n) is 2.95. The third kappa shape index (κ3) is 4.35. The standard InChI is InChI=1S/C15H22N2O3/c1-15(2,3)13(18)12(20-4)9-17-11-7-5-6-10(8-11)14(16)19/h5-8,12,17H,9H2,1-4H3,(H2,16,19). The molecule has 0 saturated heterocycles. The molecule has 3 N–H and O–H groups in total. The van der Waals surface area contributed by atoms with Gasteiger partial charge in [-0.15, -0.1) is 0 Å². The SMILES string of the molecule is COC(CNc1cccc(C(N)=O)c1)C(=O)C(C)(C)C. The largest absolute Gasteiger partial charge is 0.382 e. The second-order valence-electron chi connectivity index (χ2n) is 5.66. The monoisotopic (exact) mass is 278 g/mol. The molecule has 1 aromatic rings. The Labute approximate surface area is 119 Å². The second-order valence-corrected chi connectivity index (χ2v) is 5.66. The van der Waals surface area contributed by atoms with Gasteiger partial charge in [-0.3, -0.25) is 9.59 Å². The van der Waals surface area contributed by atoms with Crippen molar-refractivity contribution in [2.75, 3.05) is 19.0 Å². The van der Waals surface area contributed by atoms with E-state index in [0.717, 1.165) is 5.69 Å². The summed E-state index contributed by atoms with van der Waals surface area (Å²) < 4.78 is 5.23. The predicted octanol–water partition coefficient (Wildman–Crippen LogP) is 1.83. The number of benzene rings is 1. The molecule has 5 nitrogen and oxygen atoms in total. The fourth-order valence-corrected chi connectivity index (χ4v) is 1.76. The van der Waals surface area contributed by atoms with Crippen molar-refractivity contribution in [3.63, 3.8) is 0 Å². The van der Waals surface area contributed by atoms with Gasteiger partial charge in [0.2, 0.25) is 5.91 Å². The number of carbonyl (C=O) groups is 2. The lowest BCUT2D eigenvalue weighted by molar-refractivity contribution is -0.135. The van der Waals surface area contributed by atoms with Gasteiger partial charge in [0.15, 0.2) is 5.78 Å². The van der Waals surface area contributed by atoms with Gasteiger partial charge >= 0.3 is 0 Å². The lowest BCUT2D eigenvalue weighted by Gasteiger charge is -2.24. The zero-order valence-electron chi connectivity index (χ0n) is 12.4. The summed E-state index contributed by atoms with van der Waals surface area (Å²) in [5.41, 5.74) is 5.91. The highest BCUT2D eigenvalue weighted by atomic mass is 16.5. The molecule has 20 heavy (non-hydrogen) atoms. The Morgan fingerprint density at radius 2 is 2.00 bits per heavy atom. The molecule has 110 valence electrons. The first-order valence-corrected chi connectivity index (χ1v) is 6.46. The molecule has 0 aromatic heterocycles. The molecule has 0 fully saturated rings. The van der Waals surface area contributed by atoms with E-state index in [4.69, 9.17) is 10.5 Å². The number of amides is 1. The van der Waals surface area contributed by atoms with Gasteiger partial charge in [-0.05, 0) is 18.2 Å². The molecule has 0 spiro atoms. The number of Topliss-reactive ketones (excluding diaryl/α,β-unsaturated/α-hetero) is 1. The molecule has 1 atom stereocenters. The summed E-state index contributed by atoms with van der Waals surface area (Å²) in [6, 6.07) is 6.83. The summed E-state index contributed by atoms with van der Waals surface area (Å²) in [6.45, 7) is 5.91. The number of hydrogen-bond donors (Lipinski definition) is 2. The number of methoxy groups -OCH3 is 1. The van der Waals surface area contributed by atoms with Gasteiger partial charge in [-0.1, -0.05) is 26.8 Å². The average molecular weight is 278 g/mol. The minimum absolute atomic E-state index is 0.0264. The van der Waals surface area contributed by atoms with Crippen molar-refractivity contribution in [3.8, 4) is 0 Å². The summed E-state index contributed by atoms with van der Waals surface area (Å²) in [5.74, 6) is -0.457. The van der Waals surface area contributed by atoms with E-state index >= 15 is 0 Å². The topological polar surface area (TPSA) is 81.4 Å². The molecule has 0 radical (unpaired) electrons. The molecule has 0 bridgehead atoms. The van der Waals surface area contributed by atoms with Gasteiger partial charge in [0.1, 0.15) is 6.10 Å². The number of ether oxygens (including phenoxy) is 1. The number of rotatable bonds is 6. The highest BCUT2D eigenvalue weighted by molar-refractivity contribution is 5.93. The first-order valence-electron chi connectivity index (χ1n) is 6.46. The second kappa shape index (κ2) is 6.52. The summed E-state index contributed by atoms with van der Waals surface area (Å²) in [7, 11) is 1.51. The average Bonchev–Trinajstić information content (AvgIpc) is 2.38. The maximum absolute atomic E-state index is 12.2. The van der Waals surface area contributed by atoms with Crippen LogP contribution in [-0.4, -0.2) is 31.4 Å². The Bertz CT molecular complexity index is 492. The lowest BCUT2D eigenvalue weighted by atomic mass is 9.87.